The van der Waals surface area contributed by atoms with Gasteiger partial charge in [0.05, 0.1) is 18.6 Å². The average Bonchev–Trinajstić information content (AvgIpc) is 2.68. The van der Waals surface area contributed by atoms with E-state index in [0.717, 1.165) is 10.8 Å². The van der Waals surface area contributed by atoms with E-state index in [0.29, 0.717) is 22.6 Å². The average molecular weight is 393 g/mol. The number of hydrogen-bond acceptors (Lipinski definition) is 5. The van der Waals surface area contributed by atoms with Crippen LogP contribution in [0, 0.1) is 6.92 Å². The van der Waals surface area contributed by atoms with Gasteiger partial charge in [-0.1, -0.05) is 36.4 Å². The monoisotopic (exact) mass is 393 g/mol. The third kappa shape index (κ3) is 3.94. The number of nitrogens with one attached hydrogen (secondary N) is 2. The molecular formula is C21H17N2O4S-. The molecule has 6 nitrogen and oxygen atoms in total. The number of methoxy groups -OCH3 is 1. The fourth-order valence-electron chi connectivity index (χ4n) is 2.88. The Labute approximate surface area is 167 Å². The van der Waals surface area contributed by atoms with Gasteiger partial charge < -0.3 is 20.0 Å². The number of ether oxygens (including phenoxy) is 1. The zero-order chi connectivity index (χ0) is 20.3. The lowest BCUT2D eigenvalue weighted by Crippen LogP contribution is -2.34. The van der Waals surface area contributed by atoms with Gasteiger partial charge in [0.2, 0.25) is 0 Å². The second kappa shape index (κ2) is 8.06. The topological polar surface area (TPSA) is 90.5 Å². The number of benzene rings is 3. The first-order chi connectivity index (χ1) is 13.4. The Morgan fingerprint density at radius 3 is 2.32 bits per heavy atom. The Kier molecular flexibility index (Phi) is 5.56. The van der Waals surface area contributed by atoms with Gasteiger partial charge >= 0.3 is 0 Å². The number of carbonyl (C=O) groups excluding carboxylic acids is 2. The minimum absolute atomic E-state index is 0.0406. The molecule has 0 aliphatic carbocycles. The Bertz CT molecular complexity index is 1090. The molecule has 0 saturated carbocycles. The molecule has 2 N–H and O–H groups in total. The van der Waals surface area contributed by atoms with Gasteiger partial charge in [-0.25, -0.2) is 0 Å². The number of carboxylic acids is 1. The summed E-state index contributed by atoms with van der Waals surface area (Å²) >= 11 is 5.21. The molecule has 0 bridgehead atoms. The molecule has 0 fully saturated rings. The van der Waals surface area contributed by atoms with Crippen LogP contribution in [-0.4, -0.2) is 24.1 Å². The highest BCUT2D eigenvalue weighted by molar-refractivity contribution is 7.80. The number of rotatable bonds is 4. The van der Waals surface area contributed by atoms with Crippen LogP contribution in [0.25, 0.3) is 10.8 Å². The second-order valence-electron chi connectivity index (χ2n) is 6.07. The van der Waals surface area contributed by atoms with Gasteiger partial charge in [-0.2, -0.15) is 0 Å². The summed E-state index contributed by atoms with van der Waals surface area (Å²) in [7, 11) is 1.49. The Morgan fingerprint density at radius 1 is 1.00 bits per heavy atom. The largest absolute Gasteiger partial charge is 0.545 e. The third-order valence-electron chi connectivity index (χ3n) is 4.34. The minimum Gasteiger partial charge on any atom is -0.545 e. The summed E-state index contributed by atoms with van der Waals surface area (Å²) in [5.41, 5.74) is 1.32. The molecule has 3 rings (SSSR count). The number of carbonyl (C=O) groups is 2. The van der Waals surface area contributed by atoms with Crippen molar-refractivity contribution < 1.29 is 19.4 Å². The molecular weight excluding hydrogens is 376 g/mol. The van der Waals surface area contributed by atoms with Crippen molar-refractivity contribution in [3.63, 3.8) is 0 Å². The molecule has 0 aliphatic heterocycles. The fraction of sp³-hybridized carbons (Fsp3) is 0.0952. The summed E-state index contributed by atoms with van der Waals surface area (Å²) in [5.74, 6) is -1.29. The van der Waals surface area contributed by atoms with Crippen LogP contribution >= 0.6 is 12.2 Å². The van der Waals surface area contributed by atoms with Crippen LogP contribution in [0.5, 0.6) is 5.75 Å². The van der Waals surface area contributed by atoms with E-state index < -0.39 is 11.9 Å². The van der Waals surface area contributed by atoms with Crippen molar-refractivity contribution in [3.05, 3.63) is 71.3 Å². The predicted octanol–water partition coefficient (Wildman–Crippen LogP) is 2.65. The number of fused-ring (bicyclic) bond motifs is 1. The Morgan fingerprint density at radius 2 is 1.68 bits per heavy atom. The van der Waals surface area contributed by atoms with Gasteiger partial charge in [0.1, 0.15) is 5.75 Å². The van der Waals surface area contributed by atoms with Gasteiger partial charge in [0.15, 0.2) is 5.11 Å². The van der Waals surface area contributed by atoms with Crippen LogP contribution in [0.15, 0.2) is 54.6 Å². The smallest absolute Gasteiger partial charge is 0.261 e. The highest BCUT2D eigenvalue weighted by Crippen LogP contribution is 2.26. The molecule has 0 atom stereocenters. The molecule has 0 aliphatic rings. The van der Waals surface area contributed by atoms with E-state index in [2.05, 4.69) is 10.6 Å². The van der Waals surface area contributed by atoms with Crippen molar-refractivity contribution in [1.29, 1.82) is 0 Å². The summed E-state index contributed by atoms with van der Waals surface area (Å²) < 4.78 is 5.34. The number of thiocarbonyl (C=S) groups is 1. The fourth-order valence-corrected chi connectivity index (χ4v) is 3.08. The van der Waals surface area contributed by atoms with Crippen LogP contribution in [-0.2, 0) is 0 Å². The molecule has 3 aromatic rings. The van der Waals surface area contributed by atoms with Gasteiger partial charge in [0.25, 0.3) is 5.91 Å². The number of carboxylic acid groups (broad SMARTS) is 1. The molecule has 0 aromatic heterocycles. The van der Waals surface area contributed by atoms with Crippen LogP contribution in [0.1, 0.15) is 26.3 Å². The van der Waals surface area contributed by atoms with E-state index in [4.69, 9.17) is 17.0 Å². The molecule has 7 heteroatoms. The first-order valence-corrected chi connectivity index (χ1v) is 8.81. The van der Waals surface area contributed by atoms with E-state index in [1.165, 1.54) is 13.2 Å². The summed E-state index contributed by atoms with van der Waals surface area (Å²) in [6.07, 6.45) is 0. The van der Waals surface area contributed by atoms with Gasteiger partial charge in [0, 0.05) is 11.3 Å². The van der Waals surface area contributed by atoms with Crippen molar-refractivity contribution in [1.82, 2.24) is 5.32 Å². The molecule has 0 radical (unpaired) electrons. The maximum Gasteiger partial charge on any atom is 0.261 e. The maximum atomic E-state index is 12.7. The zero-order valence-electron chi connectivity index (χ0n) is 15.2. The first-order valence-electron chi connectivity index (χ1n) is 8.40. The van der Waals surface area contributed by atoms with E-state index in [9.17, 15) is 14.7 Å². The molecule has 1 amide bonds. The van der Waals surface area contributed by atoms with Crippen LogP contribution < -0.4 is 20.5 Å². The predicted molar refractivity (Wildman–Crippen MR) is 110 cm³/mol. The molecule has 142 valence electrons. The summed E-state index contributed by atoms with van der Waals surface area (Å²) in [6, 6.07) is 15.8. The van der Waals surface area contributed by atoms with E-state index in [1.807, 2.05) is 24.3 Å². The third-order valence-corrected chi connectivity index (χ3v) is 4.55. The maximum absolute atomic E-state index is 12.7. The molecule has 0 heterocycles. The summed E-state index contributed by atoms with van der Waals surface area (Å²) in [5, 5.41) is 18.5. The number of anilines is 1. The second-order valence-corrected chi connectivity index (χ2v) is 6.48. The van der Waals surface area contributed by atoms with Gasteiger partial charge in [-0.05, 0) is 53.7 Å². The molecule has 0 spiro atoms. The molecule has 28 heavy (non-hydrogen) atoms. The first kappa shape index (κ1) is 19.3. The van der Waals surface area contributed by atoms with E-state index in [-0.39, 0.29) is 10.7 Å². The lowest BCUT2D eigenvalue weighted by molar-refractivity contribution is -0.255. The Balaban J connectivity index is 1.82. The lowest BCUT2D eigenvalue weighted by Gasteiger charge is -2.16. The zero-order valence-corrected chi connectivity index (χ0v) is 16.1. The molecule has 3 aromatic carbocycles. The SMILES string of the molecule is COc1cc2ccccc2cc1C(=O)NC(=S)Nc1cccc(C(=O)[O-])c1C. The minimum atomic E-state index is -1.28. The number of amides is 1. The highest BCUT2D eigenvalue weighted by atomic mass is 32.1. The summed E-state index contributed by atoms with van der Waals surface area (Å²) in [4.78, 5) is 23.9. The number of aromatic carboxylic acids is 1. The van der Waals surface area contributed by atoms with Gasteiger partial charge in [-0.15, -0.1) is 0 Å². The lowest BCUT2D eigenvalue weighted by atomic mass is 10.1. The quantitative estimate of drug-likeness (QED) is 0.663. The Hall–Kier alpha value is -3.45. The van der Waals surface area contributed by atoms with Crippen molar-refractivity contribution in [3.8, 4) is 5.75 Å². The highest BCUT2D eigenvalue weighted by Gasteiger charge is 2.15. The van der Waals surface area contributed by atoms with E-state index in [1.54, 1.807) is 31.2 Å². The van der Waals surface area contributed by atoms with Crippen LogP contribution in [0.2, 0.25) is 0 Å². The van der Waals surface area contributed by atoms with Crippen molar-refractivity contribution in [2.75, 3.05) is 12.4 Å². The molecule has 0 unspecified atom stereocenters. The molecule has 0 saturated heterocycles. The van der Waals surface area contributed by atoms with Crippen molar-refractivity contribution >= 4 is 45.7 Å². The standard InChI is InChI=1S/C21H18N2O4S/c1-12-15(20(25)26)8-5-9-17(12)22-21(28)23-19(24)16-10-13-6-3-4-7-14(13)11-18(16)27-2/h3-11H,1-2H3,(H,25,26)(H2,22,23,24,28)/p-1. The number of hydrogen-bond donors (Lipinski definition) is 2. The van der Waals surface area contributed by atoms with Gasteiger partial charge in [-0.3, -0.25) is 10.1 Å². The normalized spacial score (nSPS) is 10.4. The van der Waals surface area contributed by atoms with Crippen LogP contribution in [0.3, 0.4) is 0 Å². The van der Waals surface area contributed by atoms with E-state index >= 15 is 0 Å². The summed E-state index contributed by atoms with van der Waals surface area (Å²) in [6.45, 7) is 1.63. The van der Waals surface area contributed by atoms with Crippen molar-refractivity contribution in [2.45, 2.75) is 6.92 Å². The van der Waals surface area contributed by atoms with Crippen molar-refractivity contribution in [2.24, 2.45) is 0 Å². The van der Waals surface area contributed by atoms with Crippen LogP contribution in [0.4, 0.5) is 5.69 Å².